The SMILES string of the molecule is COc1cc(Nc2ncnc(Cl)c2C#N)c(Cl)cc1Cl. The number of aromatic nitrogens is 2. The molecule has 0 radical (unpaired) electrons. The number of nitrogens with one attached hydrogen (secondary N) is 1. The quantitative estimate of drug-likeness (QED) is 0.860. The second-order valence-electron chi connectivity index (χ2n) is 3.59. The first-order valence-electron chi connectivity index (χ1n) is 5.27. The van der Waals surface area contributed by atoms with E-state index in [2.05, 4.69) is 15.3 Å². The zero-order valence-corrected chi connectivity index (χ0v) is 12.4. The van der Waals surface area contributed by atoms with Crippen LogP contribution in [0.1, 0.15) is 5.56 Å². The molecule has 0 fully saturated rings. The summed E-state index contributed by atoms with van der Waals surface area (Å²) in [5.74, 6) is 0.691. The van der Waals surface area contributed by atoms with Crippen LogP contribution in [0.4, 0.5) is 11.5 Å². The van der Waals surface area contributed by atoms with Crippen molar-refractivity contribution in [3.05, 3.63) is 39.2 Å². The Labute approximate surface area is 130 Å². The first-order chi connectivity index (χ1) is 9.56. The Hall–Kier alpha value is -1.74. The molecule has 1 aromatic carbocycles. The van der Waals surface area contributed by atoms with Crippen molar-refractivity contribution in [2.45, 2.75) is 0 Å². The topological polar surface area (TPSA) is 70.8 Å². The van der Waals surface area contributed by atoms with E-state index in [0.29, 0.717) is 21.5 Å². The van der Waals surface area contributed by atoms with Crippen molar-refractivity contribution >= 4 is 46.3 Å². The van der Waals surface area contributed by atoms with Gasteiger partial charge in [-0.3, -0.25) is 0 Å². The minimum absolute atomic E-state index is 0.0575. The molecule has 8 heteroatoms. The molecule has 20 heavy (non-hydrogen) atoms. The maximum atomic E-state index is 9.06. The van der Waals surface area contributed by atoms with Gasteiger partial charge in [0.2, 0.25) is 0 Å². The minimum Gasteiger partial charge on any atom is -0.495 e. The number of benzene rings is 1. The van der Waals surface area contributed by atoms with Gasteiger partial charge in [0.1, 0.15) is 23.7 Å². The molecule has 0 bridgehead atoms. The van der Waals surface area contributed by atoms with Crippen LogP contribution in [-0.4, -0.2) is 17.1 Å². The van der Waals surface area contributed by atoms with Gasteiger partial charge in [-0.15, -0.1) is 0 Å². The monoisotopic (exact) mass is 328 g/mol. The summed E-state index contributed by atoms with van der Waals surface area (Å²) in [5, 5.41) is 12.8. The number of halogens is 3. The van der Waals surface area contributed by atoms with Gasteiger partial charge >= 0.3 is 0 Å². The molecule has 0 saturated heterocycles. The second-order valence-corrected chi connectivity index (χ2v) is 4.76. The lowest BCUT2D eigenvalue weighted by atomic mass is 10.2. The summed E-state index contributed by atoms with van der Waals surface area (Å²) in [5.41, 5.74) is 0.610. The lowest BCUT2D eigenvalue weighted by molar-refractivity contribution is 0.415. The number of ether oxygens (including phenoxy) is 1. The number of rotatable bonds is 3. The fourth-order valence-electron chi connectivity index (χ4n) is 1.47. The van der Waals surface area contributed by atoms with E-state index in [1.807, 2.05) is 6.07 Å². The Morgan fingerprint density at radius 1 is 1.20 bits per heavy atom. The average Bonchev–Trinajstić information content (AvgIpc) is 2.42. The number of hydrogen-bond donors (Lipinski definition) is 1. The Balaban J connectivity index is 2.46. The average molecular weight is 330 g/mol. The predicted molar refractivity (Wildman–Crippen MR) is 78.1 cm³/mol. The summed E-state index contributed by atoms with van der Waals surface area (Å²) >= 11 is 17.9. The van der Waals surface area contributed by atoms with E-state index < -0.39 is 0 Å². The highest BCUT2D eigenvalue weighted by atomic mass is 35.5. The molecule has 1 N–H and O–H groups in total. The van der Waals surface area contributed by atoms with Crippen LogP contribution >= 0.6 is 34.8 Å². The van der Waals surface area contributed by atoms with Crippen molar-refractivity contribution < 1.29 is 4.74 Å². The Bertz CT molecular complexity index is 700. The molecule has 2 rings (SSSR count). The van der Waals surface area contributed by atoms with E-state index in [0.717, 1.165) is 0 Å². The maximum absolute atomic E-state index is 9.06. The number of nitrogens with zero attached hydrogens (tertiary/aromatic N) is 3. The van der Waals surface area contributed by atoms with Gasteiger partial charge in [-0.2, -0.15) is 5.26 Å². The summed E-state index contributed by atoms with van der Waals surface area (Å²) in [6.07, 6.45) is 1.24. The molecule has 0 aliphatic heterocycles. The third-order valence-electron chi connectivity index (χ3n) is 2.41. The van der Waals surface area contributed by atoms with E-state index >= 15 is 0 Å². The van der Waals surface area contributed by atoms with Crippen molar-refractivity contribution in [1.29, 1.82) is 5.26 Å². The molecule has 0 aliphatic carbocycles. The highest BCUT2D eigenvalue weighted by Crippen LogP contribution is 2.36. The second kappa shape index (κ2) is 6.14. The third-order valence-corrected chi connectivity index (χ3v) is 3.30. The standard InChI is InChI=1S/C12H7Cl3N4O/c1-20-10-3-9(7(13)2-8(10)14)19-12-6(4-16)11(15)17-5-18-12/h2-3,5H,1H3,(H,17,18,19). The van der Waals surface area contributed by atoms with Gasteiger partial charge in [-0.25, -0.2) is 9.97 Å². The van der Waals surface area contributed by atoms with Gasteiger partial charge in [0.25, 0.3) is 0 Å². The molecular formula is C12H7Cl3N4O. The maximum Gasteiger partial charge on any atom is 0.153 e. The molecule has 1 heterocycles. The molecule has 2 aromatic rings. The van der Waals surface area contributed by atoms with Gasteiger partial charge in [0.05, 0.1) is 22.8 Å². The van der Waals surface area contributed by atoms with Crippen LogP contribution in [0.2, 0.25) is 15.2 Å². The highest BCUT2D eigenvalue weighted by molar-refractivity contribution is 6.37. The lowest BCUT2D eigenvalue weighted by Crippen LogP contribution is -2.00. The Kier molecular flexibility index (Phi) is 4.50. The first kappa shape index (κ1) is 14.7. The van der Waals surface area contributed by atoms with Crippen molar-refractivity contribution in [3.8, 4) is 11.8 Å². The van der Waals surface area contributed by atoms with E-state index in [4.69, 9.17) is 44.8 Å². The van der Waals surface area contributed by atoms with Crippen molar-refractivity contribution in [2.75, 3.05) is 12.4 Å². The van der Waals surface area contributed by atoms with Crippen molar-refractivity contribution in [2.24, 2.45) is 0 Å². The van der Waals surface area contributed by atoms with E-state index in [9.17, 15) is 0 Å². The van der Waals surface area contributed by atoms with E-state index in [1.165, 1.54) is 19.5 Å². The number of hydrogen-bond acceptors (Lipinski definition) is 5. The lowest BCUT2D eigenvalue weighted by Gasteiger charge is -2.11. The molecule has 102 valence electrons. The van der Waals surface area contributed by atoms with Crippen LogP contribution in [0.5, 0.6) is 5.75 Å². The minimum atomic E-state index is 0.0575. The summed E-state index contributed by atoms with van der Waals surface area (Å²) in [6, 6.07) is 5.05. The molecule has 0 aliphatic rings. The van der Waals surface area contributed by atoms with Gasteiger partial charge < -0.3 is 10.1 Å². The normalized spacial score (nSPS) is 9.95. The van der Waals surface area contributed by atoms with Crippen LogP contribution in [0, 0.1) is 11.3 Å². The molecule has 0 amide bonds. The summed E-state index contributed by atoms with van der Waals surface area (Å²) in [4.78, 5) is 7.70. The summed E-state index contributed by atoms with van der Waals surface area (Å²) in [7, 11) is 1.49. The van der Waals surface area contributed by atoms with Crippen molar-refractivity contribution in [1.82, 2.24) is 9.97 Å². The van der Waals surface area contributed by atoms with E-state index in [1.54, 1.807) is 6.07 Å². The summed E-state index contributed by atoms with van der Waals surface area (Å²) < 4.78 is 5.10. The van der Waals surface area contributed by atoms with Crippen LogP contribution < -0.4 is 10.1 Å². The number of nitriles is 1. The summed E-state index contributed by atoms with van der Waals surface area (Å²) in [6.45, 7) is 0. The molecule has 0 saturated carbocycles. The van der Waals surface area contributed by atoms with Crippen LogP contribution in [-0.2, 0) is 0 Å². The largest absolute Gasteiger partial charge is 0.495 e. The van der Waals surface area contributed by atoms with Crippen molar-refractivity contribution in [3.63, 3.8) is 0 Å². The molecule has 0 atom stereocenters. The molecule has 0 spiro atoms. The third kappa shape index (κ3) is 2.88. The predicted octanol–water partition coefficient (Wildman–Crippen LogP) is 4.06. The Morgan fingerprint density at radius 3 is 2.60 bits per heavy atom. The van der Waals surface area contributed by atoms with Gasteiger partial charge in [0.15, 0.2) is 11.0 Å². The smallest absolute Gasteiger partial charge is 0.153 e. The van der Waals surface area contributed by atoms with Crippen LogP contribution in [0.3, 0.4) is 0 Å². The zero-order valence-electron chi connectivity index (χ0n) is 10.1. The van der Waals surface area contributed by atoms with Gasteiger partial charge in [-0.1, -0.05) is 34.8 Å². The van der Waals surface area contributed by atoms with Gasteiger partial charge in [-0.05, 0) is 6.07 Å². The first-order valence-corrected chi connectivity index (χ1v) is 6.41. The molecule has 0 unspecified atom stereocenters. The zero-order chi connectivity index (χ0) is 14.7. The van der Waals surface area contributed by atoms with E-state index in [-0.39, 0.29) is 16.5 Å². The Morgan fingerprint density at radius 2 is 1.95 bits per heavy atom. The van der Waals surface area contributed by atoms with Crippen LogP contribution in [0.25, 0.3) is 0 Å². The molecule has 1 aromatic heterocycles. The fourth-order valence-corrected chi connectivity index (χ4v) is 2.15. The molecular weight excluding hydrogens is 323 g/mol. The van der Waals surface area contributed by atoms with Crippen LogP contribution in [0.15, 0.2) is 18.5 Å². The highest BCUT2D eigenvalue weighted by Gasteiger charge is 2.13. The molecule has 5 nitrogen and oxygen atoms in total. The fraction of sp³-hybridized carbons (Fsp3) is 0.0833. The number of methoxy groups -OCH3 is 1. The number of anilines is 2. The van der Waals surface area contributed by atoms with Gasteiger partial charge in [0, 0.05) is 6.07 Å².